The molecule has 0 bridgehead atoms. The first-order chi connectivity index (χ1) is 8.09. The van der Waals surface area contributed by atoms with Crippen molar-refractivity contribution in [2.75, 3.05) is 0 Å². The van der Waals surface area contributed by atoms with E-state index >= 15 is 0 Å². The van der Waals surface area contributed by atoms with Crippen LogP contribution in [0.5, 0.6) is 0 Å². The molecule has 2 aromatic carbocycles. The summed E-state index contributed by atoms with van der Waals surface area (Å²) < 4.78 is 53.0. The van der Waals surface area contributed by atoms with Crippen molar-refractivity contribution in [3.8, 4) is 0 Å². The van der Waals surface area contributed by atoms with Crippen LogP contribution in [-0.2, 0) is 0 Å². The molecule has 0 aromatic heterocycles. The predicted octanol–water partition coefficient (Wildman–Crippen LogP) is 1.90. The van der Waals surface area contributed by atoms with Crippen LogP contribution in [0, 0.1) is 23.3 Å². The maximum atomic E-state index is 13.3. The topological polar surface area (TPSA) is 0 Å². The Hall–Kier alpha value is -1.05. The quantitative estimate of drug-likeness (QED) is 0.571. The summed E-state index contributed by atoms with van der Waals surface area (Å²) in [7, 11) is 0. The SMILES string of the molecule is Fc1cccc(F)c1[Te]c1c(F)cccc1F. The number of rotatable bonds is 2. The molecule has 0 aliphatic rings. The van der Waals surface area contributed by atoms with E-state index in [4.69, 9.17) is 0 Å². The third kappa shape index (κ3) is 2.62. The van der Waals surface area contributed by atoms with Gasteiger partial charge < -0.3 is 0 Å². The average molecular weight is 354 g/mol. The molecular formula is C12H6F4Te. The Morgan fingerprint density at radius 3 is 1.18 bits per heavy atom. The molecule has 0 atom stereocenters. The van der Waals surface area contributed by atoms with Gasteiger partial charge in [0.05, 0.1) is 0 Å². The number of halogens is 4. The van der Waals surface area contributed by atoms with E-state index in [0.29, 0.717) is 0 Å². The second-order valence-electron chi connectivity index (χ2n) is 3.20. The molecule has 0 nitrogen and oxygen atoms in total. The molecule has 0 unspecified atom stereocenters. The van der Waals surface area contributed by atoms with Gasteiger partial charge in [-0.2, -0.15) is 0 Å². The molecule has 0 amide bonds. The first kappa shape index (κ1) is 12.4. The molecule has 88 valence electrons. The molecule has 0 N–H and O–H groups in total. The zero-order chi connectivity index (χ0) is 12.4. The van der Waals surface area contributed by atoms with Crippen LogP contribution in [0.3, 0.4) is 0 Å². The minimum absolute atomic E-state index is 0.207. The van der Waals surface area contributed by atoms with Gasteiger partial charge in [0.15, 0.2) is 0 Å². The number of benzene rings is 2. The van der Waals surface area contributed by atoms with Crippen molar-refractivity contribution in [2.24, 2.45) is 0 Å². The van der Waals surface area contributed by atoms with Crippen molar-refractivity contribution in [1.29, 1.82) is 0 Å². The van der Waals surface area contributed by atoms with Crippen LogP contribution in [-0.4, -0.2) is 20.9 Å². The zero-order valence-electron chi connectivity index (χ0n) is 8.38. The van der Waals surface area contributed by atoms with Crippen molar-refractivity contribution in [2.45, 2.75) is 0 Å². The van der Waals surface area contributed by atoms with Gasteiger partial charge in [-0.25, -0.2) is 0 Å². The van der Waals surface area contributed by atoms with E-state index in [1.54, 1.807) is 0 Å². The number of hydrogen-bond donors (Lipinski definition) is 0. The Morgan fingerprint density at radius 2 is 0.882 bits per heavy atom. The molecule has 5 heteroatoms. The summed E-state index contributed by atoms with van der Waals surface area (Å²) in [4.78, 5) is 0. The first-order valence-corrected chi connectivity index (χ1v) is 6.98. The predicted molar refractivity (Wildman–Crippen MR) is 57.7 cm³/mol. The fourth-order valence-corrected chi connectivity index (χ4v) is 3.73. The number of hydrogen-bond acceptors (Lipinski definition) is 0. The fraction of sp³-hybridized carbons (Fsp3) is 0. The third-order valence-electron chi connectivity index (χ3n) is 2.04. The molecule has 0 spiro atoms. The van der Waals surface area contributed by atoms with Gasteiger partial charge in [0.2, 0.25) is 0 Å². The van der Waals surface area contributed by atoms with Crippen molar-refractivity contribution in [3.63, 3.8) is 0 Å². The molecule has 0 saturated carbocycles. The molecule has 0 saturated heterocycles. The summed E-state index contributed by atoms with van der Waals surface area (Å²) in [6.45, 7) is 0. The molecule has 0 heterocycles. The fourth-order valence-electron chi connectivity index (χ4n) is 1.26. The van der Waals surface area contributed by atoms with Gasteiger partial charge in [-0.05, 0) is 0 Å². The molecule has 2 aromatic rings. The van der Waals surface area contributed by atoms with E-state index in [2.05, 4.69) is 0 Å². The van der Waals surface area contributed by atoms with E-state index in [0.717, 1.165) is 24.3 Å². The third-order valence-corrected chi connectivity index (χ3v) is 5.43. The molecule has 0 aliphatic carbocycles. The summed E-state index contributed by atoms with van der Waals surface area (Å²) >= 11 is -1.76. The van der Waals surface area contributed by atoms with E-state index in [1.807, 2.05) is 0 Å². The summed E-state index contributed by atoms with van der Waals surface area (Å²) in [5.41, 5.74) is 0. The van der Waals surface area contributed by atoms with E-state index < -0.39 is 44.2 Å². The van der Waals surface area contributed by atoms with Gasteiger partial charge in [0.25, 0.3) is 0 Å². The van der Waals surface area contributed by atoms with Crippen LogP contribution >= 0.6 is 0 Å². The van der Waals surface area contributed by atoms with Crippen LogP contribution in [0.25, 0.3) is 0 Å². The van der Waals surface area contributed by atoms with Crippen LogP contribution in [0.4, 0.5) is 17.6 Å². The molecule has 2 rings (SSSR count). The maximum absolute atomic E-state index is 13.3. The van der Waals surface area contributed by atoms with Crippen molar-refractivity contribution < 1.29 is 17.6 Å². The van der Waals surface area contributed by atoms with Crippen LogP contribution in [0.15, 0.2) is 36.4 Å². The van der Waals surface area contributed by atoms with Crippen molar-refractivity contribution in [1.82, 2.24) is 0 Å². The van der Waals surface area contributed by atoms with Gasteiger partial charge >= 0.3 is 105 Å². The summed E-state index contributed by atoms with van der Waals surface area (Å²) in [6.07, 6.45) is 0. The molecule has 17 heavy (non-hydrogen) atoms. The van der Waals surface area contributed by atoms with Crippen molar-refractivity contribution in [3.05, 3.63) is 59.7 Å². The summed E-state index contributed by atoms with van der Waals surface area (Å²) in [5, 5.41) is 0. The van der Waals surface area contributed by atoms with Crippen LogP contribution < -0.4 is 7.22 Å². The summed E-state index contributed by atoms with van der Waals surface area (Å²) in [5.74, 6) is -3.02. The standard InChI is InChI=1S/C12H6F4Te/c13-7-3-1-4-8(14)11(7)17-12-9(15)5-2-6-10(12)16/h1-6H. The average Bonchev–Trinajstić information content (AvgIpc) is 2.27. The second kappa shape index (κ2) is 5.07. The Labute approximate surface area is 105 Å². The molecule has 0 aliphatic heterocycles. The summed E-state index contributed by atoms with van der Waals surface area (Å²) in [6, 6.07) is 6.78. The normalized spacial score (nSPS) is 10.6. The molecule has 0 radical (unpaired) electrons. The van der Waals surface area contributed by atoms with E-state index in [9.17, 15) is 17.6 Å². The first-order valence-electron chi connectivity index (χ1n) is 4.65. The van der Waals surface area contributed by atoms with Gasteiger partial charge in [-0.1, -0.05) is 0 Å². The monoisotopic (exact) mass is 356 g/mol. The van der Waals surface area contributed by atoms with Gasteiger partial charge in [0, 0.05) is 0 Å². The van der Waals surface area contributed by atoms with Crippen molar-refractivity contribution >= 4 is 28.1 Å². The Balaban J connectivity index is 2.45. The molecule has 0 fully saturated rings. The van der Waals surface area contributed by atoms with Crippen LogP contribution in [0.1, 0.15) is 0 Å². The van der Waals surface area contributed by atoms with E-state index in [1.165, 1.54) is 12.1 Å². The van der Waals surface area contributed by atoms with Crippen LogP contribution in [0.2, 0.25) is 0 Å². The zero-order valence-corrected chi connectivity index (χ0v) is 10.7. The Morgan fingerprint density at radius 1 is 0.588 bits per heavy atom. The van der Waals surface area contributed by atoms with E-state index in [-0.39, 0.29) is 7.22 Å². The Bertz CT molecular complexity index is 464. The molecular weight excluding hydrogens is 348 g/mol. The minimum atomic E-state index is -1.76. The Kier molecular flexibility index (Phi) is 3.70. The van der Waals surface area contributed by atoms with Gasteiger partial charge in [-0.3, -0.25) is 0 Å². The second-order valence-corrected chi connectivity index (χ2v) is 6.12. The van der Waals surface area contributed by atoms with Gasteiger partial charge in [-0.15, -0.1) is 0 Å². The van der Waals surface area contributed by atoms with Gasteiger partial charge in [0.1, 0.15) is 0 Å².